The molecule has 1 saturated carbocycles. The molecule has 1 aliphatic rings. The Bertz CT molecular complexity index is 1450. The number of H-pyrrole nitrogens is 1. The van der Waals surface area contributed by atoms with E-state index in [0.29, 0.717) is 21.4 Å². The lowest BCUT2D eigenvalue weighted by Crippen LogP contribution is -2.25. The second-order valence-corrected chi connectivity index (χ2v) is 8.79. The summed E-state index contributed by atoms with van der Waals surface area (Å²) in [6.45, 7) is 0. The molecule has 33 heavy (non-hydrogen) atoms. The number of anilines is 1. The Morgan fingerprint density at radius 2 is 1.79 bits per heavy atom. The summed E-state index contributed by atoms with van der Waals surface area (Å²) in [5, 5.41) is 6.50. The lowest BCUT2D eigenvalue weighted by Gasteiger charge is -2.25. The predicted octanol–water partition coefficient (Wildman–Crippen LogP) is 4.53. The van der Waals surface area contributed by atoms with Gasteiger partial charge in [-0.1, -0.05) is 42.5 Å². The number of aromatic nitrogens is 4. The number of amides is 1. The number of fused-ring (bicyclic) bond motifs is 1. The zero-order valence-corrected chi connectivity index (χ0v) is 18.8. The second kappa shape index (κ2) is 8.57. The van der Waals surface area contributed by atoms with E-state index in [4.69, 9.17) is 23.2 Å². The summed E-state index contributed by atoms with van der Waals surface area (Å²) in [6.07, 6.45) is 7.22. The van der Waals surface area contributed by atoms with Crippen LogP contribution in [0.3, 0.4) is 0 Å². The van der Waals surface area contributed by atoms with Crippen LogP contribution in [0.5, 0.6) is 0 Å². The van der Waals surface area contributed by atoms with Gasteiger partial charge in [0.05, 0.1) is 26.8 Å². The van der Waals surface area contributed by atoms with Crippen molar-refractivity contribution >= 4 is 45.8 Å². The van der Waals surface area contributed by atoms with Gasteiger partial charge in [-0.3, -0.25) is 19.1 Å². The van der Waals surface area contributed by atoms with Crippen LogP contribution in [0.4, 0.5) is 5.69 Å². The Kier molecular flexibility index (Phi) is 5.59. The van der Waals surface area contributed by atoms with Crippen molar-refractivity contribution in [3.63, 3.8) is 0 Å². The maximum atomic E-state index is 12.7. The van der Waals surface area contributed by atoms with Gasteiger partial charge in [0.2, 0.25) is 5.82 Å². The van der Waals surface area contributed by atoms with Crippen LogP contribution in [0.1, 0.15) is 48.8 Å². The van der Waals surface area contributed by atoms with Crippen molar-refractivity contribution in [2.75, 3.05) is 5.32 Å². The van der Waals surface area contributed by atoms with Crippen molar-refractivity contribution in [2.45, 2.75) is 38.1 Å². The smallest absolute Gasteiger partial charge is 0.319 e. The molecule has 0 spiro atoms. The minimum absolute atomic E-state index is 0.0201. The van der Waals surface area contributed by atoms with E-state index in [9.17, 15) is 14.4 Å². The van der Waals surface area contributed by atoms with Crippen LogP contribution in [0.2, 0.25) is 10.0 Å². The van der Waals surface area contributed by atoms with Gasteiger partial charge >= 0.3 is 5.76 Å². The molecule has 1 fully saturated rings. The Hall–Kier alpha value is -3.30. The lowest BCUT2D eigenvalue weighted by molar-refractivity contribution is 0.101. The molecule has 0 saturated heterocycles. The van der Waals surface area contributed by atoms with Gasteiger partial charge in [-0.05, 0) is 42.3 Å². The van der Waals surface area contributed by atoms with Crippen LogP contribution in [0.15, 0.2) is 50.6 Å². The highest BCUT2D eigenvalue weighted by Crippen LogP contribution is 2.36. The van der Waals surface area contributed by atoms with Crippen molar-refractivity contribution in [1.29, 1.82) is 0 Å². The monoisotopic (exact) mass is 487 g/mol. The SMILES string of the molecule is O=C(Nc1cc(Cl)c(-n2ccc3c2ccc(=O)n3C2CCCCC2)c(Cl)c1)c1noc(=O)[nH]1. The highest BCUT2D eigenvalue weighted by atomic mass is 35.5. The first kappa shape index (κ1) is 21.5. The average Bonchev–Trinajstić information content (AvgIpc) is 3.40. The Balaban J connectivity index is 1.53. The third-order valence-electron chi connectivity index (χ3n) is 5.90. The summed E-state index contributed by atoms with van der Waals surface area (Å²) in [5.74, 6) is -1.78. The summed E-state index contributed by atoms with van der Waals surface area (Å²) in [7, 11) is 0. The van der Waals surface area contributed by atoms with Crippen molar-refractivity contribution in [3.05, 3.63) is 73.3 Å². The molecule has 0 unspecified atom stereocenters. The summed E-state index contributed by atoms with van der Waals surface area (Å²) < 4.78 is 8.05. The largest absolute Gasteiger partial charge is 0.439 e. The van der Waals surface area contributed by atoms with Crippen LogP contribution >= 0.6 is 23.2 Å². The number of nitrogens with zero attached hydrogens (tertiary/aromatic N) is 3. The van der Waals surface area contributed by atoms with E-state index in [0.717, 1.165) is 36.7 Å². The fraction of sp³-hybridized carbons (Fsp3) is 0.273. The molecule has 4 aromatic rings. The number of nitrogens with one attached hydrogen (secondary N) is 2. The van der Waals surface area contributed by atoms with Gasteiger partial charge in [-0.15, -0.1) is 0 Å². The third-order valence-corrected chi connectivity index (χ3v) is 6.47. The van der Waals surface area contributed by atoms with Gasteiger partial charge in [0.15, 0.2) is 0 Å². The number of rotatable bonds is 4. The van der Waals surface area contributed by atoms with Crippen molar-refractivity contribution in [2.24, 2.45) is 0 Å². The molecule has 1 amide bonds. The number of halogens is 2. The second-order valence-electron chi connectivity index (χ2n) is 7.98. The summed E-state index contributed by atoms with van der Waals surface area (Å²) in [6, 6.07) is 8.50. The number of hydrogen-bond acceptors (Lipinski definition) is 5. The molecule has 3 aromatic heterocycles. The number of carbonyl (C=O) groups excluding carboxylic acids is 1. The van der Waals surface area contributed by atoms with Crippen LogP contribution in [-0.2, 0) is 0 Å². The van der Waals surface area contributed by atoms with Crippen LogP contribution in [0, 0.1) is 0 Å². The molecule has 2 N–H and O–H groups in total. The average molecular weight is 488 g/mol. The highest BCUT2D eigenvalue weighted by molar-refractivity contribution is 6.38. The van der Waals surface area contributed by atoms with Gasteiger partial charge in [0.1, 0.15) is 0 Å². The normalized spacial score (nSPS) is 14.6. The van der Waals surface area contributed by atoms with Crippen molar-refractivity contribution < 1.29 is 9.32 Å². The molecule has 0 bridgehead atoms. The quantitative estimate of drug-likeness (QED) is 0.438. The topological polar surface area (TPSA) is 115 Å². The highest BCUT2D eigenvalue weighted by Gasteiger charge is 2.21. The molecule has 170 valence electrons. The maximum absolute atomic E-state index is 12.7. The number of aromatic amines is 1. The minimum Gasteiger partial charge on any atom is -0.319 e. The maximum Gasteiger partial charge on any atom is 0.439 e. The van der Waals surface area contributed by atoms with Crippen molar-refractivity contribution in [3.8, 4) is 5.69 Å². The molecule has 0 atom stereocenters. The molecule has 11 heteroatoms. The van der Waals surface area contributed by atoms with E-state index in [1.807, 2.05) is 21.4 Å². The van der Waals surface area contributed by atoms with Crippen LogP contribution in [0.25, 0.3) is 16.7 Å². The van der Waals surface area contributed by atoms with Crippen LogP contribution < -0.4 is 16.6 Å². The lowest BCUT2D eigenvalue weighted by atomic mass is 9.95. The standard InChI is InChI=1S/C22H19Cl2N5O4/c23-14-10-12(25-21(31)20-26-22(32)33-27-20)11-15(24)19(14)28-9-8-17-16(28)6-7-18(30)29(17)13-4-2-1-3-5-13/h6-11,13H,1-5H2,(H,25,31)(H,26,27,32). The van der Waals surface area contributed by atoms with E-state index in [2.05, 4.69) is 20.0 Å². The number of hydrogen-bond donors (Lipinski definition) is 2. The summed E-state index contributed by atoms with van der Waals surface area (Å²) >= 11 is 13.1. The first-order valence-electron chi connectivity index (χ1n) is 10.5. The first-order valence-corrected chi connectivity index (χ1v) is 11.3. The third kappa shape index (κ3) is 3.98. The molecule has 1 aliphatic carbocycles. The van der Waals surface area contributed by atoms with Gasteiger partial charge in [-0.2, -0.15) is 0 Å². The van der Waals surface area contributed by atoms with Crippen LogP contribution in [-0.4, -0.2) is 25.2 Å². The van der Waals surface area contributed by atoms with Crippen molar-refractivity contribution in [1.82, 2.24) is 19.3 Å². The van der Waals surface area contributed by atoms with Gasteiger partial charge in [-0.25, -0.2) is 4.79 Å². The molecule has 0 aliphatic heterocycles. The molecular weight excluding hydrogens is 469 g/mol. The Labute approximate surface area is 196 Å². The predicted molar refractivity (Wildman–Crippen MR) is 125 cm³/mol. The number of pyridine rings is 1. The van der Waals surface area contributed by atoms with Gasteiger partial charge in [0.25, 0.3) is 11.5 Å². The van der Waals surface area contributed by atoms with E-state index < -0.39 is 11.7 Å². The first-order chi connectivity index (χ1) is 15.9. The molecule has 1 aromatic carbocycles. The summed E-state index contributed by atoms with van der Waals surface area (Å²) in [4.78, 5) is 38.2. The van der Waals surface area contributed by atoms with E-state index >= 15 is 0 Å². The molecule has 0 radical (unpaired) electrons. The molecule has 3 heterocycles. The van der Waals surface area contributed by atoms with Gasteiger partial charge < -0.3 is 14.5 Å². The molecule has 5 rings (SSSR count). The molecule has 9 nitrogen and oxygen atoms in total. The molecular formula is C22H19Cl2N5O4. The van der Waals surface area contributed by atoms with E-state index in [1.165, 1.54) is 6.42 Å². The van der Waals surface area contributed by atoms with E-state index in [1.54, 1.807) is 24.3 Å². The zero-order valence-electron chi connectivity index (χ0n) is 17.3. The van der Waals surface area contributed by atoms with E-state index in [-0.39, 0.29) is 17.4 Å². The Morgan fingerprint density at radius 3 is 2.45 bits per heavy atom. The number of benzene rings is 1. The summed E-state index contributed by atoms with van der Waals surface area (Å²) in [5.41, 5.74) is 2.45. The fourth-order valence-corrected chi connectivity index (χ4v) is 5.12. The minimum atomic E-state index is -0.835. The zero-order chi connectivity index (χ0) is 23.1. The fourth-order valence-electron chi connectivity index (χ4n) is 4.45. The number of carbonyl (C=O) groups is 1. The Morgan fingerprint density at radius 1 is 1.06 bits per heavy atom. The van der Waals surface area contributed by atoms with Gasteiger partial charge in [0, 0.05) is 24.0 Å².